The van der Waals surface area contributed by atoms with Crippen LogP contribution in [0.3, 0.4) is 0 Å². The summed E-state index contributed by atoms with van der Waals surface area (Å²) in [4.78, 5) is 0. The van der Waals surface area contributed by atoms with Crippen molar-refractivity contribution in [3.63, 3.8) is 0 Å². The van der Waals surface area contributed by atoms with E-state index in [1.54, 1.807) is 0 Å². The van der Waals surface area contributed by atoms with Crippen molar-refractivity contribution in [2.45, 2.75) is 25.7 Å². The molecule has 0 spiro atoms. The van der Waals surface area contributed by atoms with Crippen molar-refractivity contribution in [1.29, 1.82) is 0 Å². The molecule has 2 nitrogen and oxygen atoms in total. The fourth-order valence-corrected chi connectivity index (χ4v) is 3.13. The Kier molecular flexibility index (Phi) is 5.20. The van der Waals surface area contributed by atoms with E-state index in [-0.39, 0.29) is 13.2 Å². The Balaban J connectivity index is 2.48. The Morgan fingerprint density at radius 3 is 2.05 bits per heavy atom. The van der Waals surface area contributed by atoms with Gasteiger partial charge in [-0.1, -0.05) is 46.3 Å². The second-order valence-electron chi connectivity index (χ2n) is 5.65. The molecule has 2 aromatic carbocycles. The van der Waals surface area contributed by atoms with Gasteiger partial charge in [0.2, 0.25) is 0 Å². The van der Waals surface area contributed by atoms with E-state index in [4.69, 9.17) is 0 Å². The highest BCUT2D eigenvalue weighted by molar-refractivity contribution is 9.10. The minimum absolute atomic E-state index is 0.0896. The lowest BCUT2D eigenvalue weighted by Crippen LogP contribution is -2.37. The molecule has 2 rings (SSSR count). The topological polar surface area (TPSA) is 40.5 Å². The zero-order chi connectivity index (χ0) is 15.5. The van der Waals surface area contributed by atoms with Crippen LogP contribution in [0.5, 0.6) is 0 Å². The van der Waals surface area contributed by atoms with Crippen molar-refractivity contribution < 1.29 is 10.2 Å². The Morgan fingerprint density at radius 2 is 1.52 bits per heavy atom. The molecule has 112 valence electrons. The highest BCUT2D eigenvalue weighted by Gasteiger charge is 2.32. The van der Waals surface area contributed by atoms with Crippen LogP contribution in [-0.2, 0) is 11.8 Å². The van der Waals surface area contributed by atoms with Gasteiger partial charge in [0.1, 0.15) is 0 Å². The summed E-state index contributed by atoms with van der Waals surface area (Å²) < 4.78 is 0.952. The molecule has 0 saturated carbocycles. The van der Waals surface area contributed by atoms with Crippen LogP contribution >= 0.6 is 15.9 Å². The third-order valence-electron chi connectivity index (χ3n) is 4.20. The summed E-state index contributed by atoms with van der Waals surface area (Å²) in [6.45, 7) is 3.97. The average molecular weight is 349 g/mol. The van der Waals surface area contributed by atoms with Crippen LogP contribution < -0.4 is 0 Å². The highest BCUT2D eigenvalue weighted by atomic mass is 79.9. The van der Waals surface area contributed by atoms with Gasteiger partial charge in [-0.3, -0.25) is 0 Å². The lowest BCUT2D eigenvalue weighted by atomic mass is 9.75. The summed E-state index contributed by atoms with van der Waals surface area (Å²) >= 11 is 3.46. The number of rotatable bonds is 5. The zero-order valence-electron chi connectivity index (χ0n) is 12.4. The van der Waals surface area contributed by atoms with Crippen LogP contribution in [0.15, 0.2) is 46.9 Å². The zero-order valence-corrected chi connectivity index (χ0v) is 14.0. The molecule has 0 fully saturated rings. The van der Waals surface area contributed by atoms with Crippen LogP contribution in [0.4, 0.5) is 0 Å². The minimum atomic E-state index is -0.666. The van der Waals surface area contributed by atoms with Gasteiger partial charge in [-0.2, -0.15) is 0 Å². The smallest absolute Gasteiger partial charge is 0.0553 e. The van der Waals surface area contributed by atoms with Crippen LogP contribution in [0.25, 0.3) is 0 Å². The van der Waals surface area contributed by atoms with E-state index in [1.807, 2.05) is 30.3 Å². The summed E-state index contributed by atoms with van der Waals surface area (Å²) in [6, 6.07) is 14.0. The summed E-state index contributed by atoms with van der Waals surface area (Å²) in [5.41, 5.74) is 3.86. The predicted molar refractivity (Wildman–Crippen MR) is 89.6 cm³/mol. The van der Waals surface area contributed by atoms with Gasteiger partial charge >= 0.3 is 0 Å². The molecule has 2 N–H and O–H groups in total. The molecule has 21 heavy (non-hydrogen) atoms. The van der Waals surface area contributed by atoms with Gasteiger partial charge in [0.05, 0.1) is 13.2 Å². The summed E-state index contributed by atoms with van der Waals surface area (Å²) in [6.07, 6.45) is 0.620. The standard InChI is InChI=1S/C18H21BrO2/c1-13-5-3-6-14(2)17(13)10-18(11-20,12-21)15-7-4-8-16(19)9-15/h3-9,20-21H,10-12H2,1-2H3. The predicted octanol–water partition coefficient (Wildman–Crippen LogP) is 3.53. The molecule has 0 aromatic heterocycles. The van der Waals surface area contributed by atoms with Crippen molar-refractivity contribution >= 4 is 15.9 Å². The molecule has 0 aliphatic carbocycles. The molecular weight excluding hydrogens is 328 g/mol. The number of aliphatic hydroxyl groups is 2. The maximum absolute atomic E-state index is 9.99. The van der Waals surface area contributed by atoms with Crippen molar-refractivity contribution in [2.75, 3.05) is 13.2 Å². The fourth-order valence-electron chi connectivity index (χ4n) is 2.73. The van der Waals surface area contributed by atoms with Gasteiger partial charge < -0.3 is 10.2 Å². The first-order valence-corrected chi connectivity index (χ1v) is 7.84. The van der Waals surface area contributed by atoms with Crippen LogP contribution in [-0.4, -0.2) is 23.4 Å². The van der Waals surface area contributed by atoms with E-state index < -0.39 is 5.41 Å². The van der Waals surface area contributed by atoms with Crippen molar-refractivity contribution in [3.8, 4) is 0 Å². The van der Waals surface area contributed by atoms with Crippen molar-refractivity contribution in [1.82, 2.24) is 0 Å². The number of aliphatic hydroxyl groups excluding tert-OH is 2. The first-order valence-electron chi connectivity index (χ1n) is 7.05. The monoisotopic (exact) mass is 348 g/mol. The van der Waals surface area contributed by atoms with E-state index in [0.717, 1.165) is 10.0 Å². The Morgan fingerprint density at radius 1 is 0.952 bits per heavy atom. The summed E-state index contributed by atoms with van der Waals surface area (Å²) in [5.74, 6) is 0. The largest absolute Gasteiger partial charge is 0.395 e. The normalized spacial score (nSPS) is 11.7. The van der Waals surface area contributed by atoms with Gasteiger partial charge in [-0.15, -0.1) is 0 Å². The van der Waals surface area contributed by atoms with Gasteiger partial charge in [0.25, 0.3) is 0 Å². The maximum Gasteiger partial charge on any atom is 0.0553 e. The molecule has 0 saturated heterocycles. The number of hydrogen-bond acceptors (Lipinski definition) is 2. The lowest BCUT2D eigenvalue weighted by Gasteiger charge is -2.32. The molecule has 0 amide bonds. The van der Waals surface area contributed by atoms with Gasteiger partial charge in [0, 0.05) is 9.89 Å². The molecule has 0 aliphatic heterocycles. The van der Waals surface area contributed by atoms with Gasteiger partial charge in [0.15, 0.2) is 0 Å². The molecule has 3 heteroatoms. The summed E-state index contributed by atoms with van der Waals surface area (Å²) in [7, 11) is 0. The Labute approximate surface area is 134 Å². The first-order chi connectivity index (χ1) is 10.0. The van der Waals surface area contributed by atoms with E-state index >= 15 is 0 Å². The molecular formula is C18H21BrO2. The van der Waals surface area contributed by atoms with Gasteiger partial charge in [-0.25, -0.2) is 0 Å². The highest BCUT2D eigenvalue weighted by Crippen LogP contribution is 2.32. The molecule has 0 aliphatic rings. The fraction of sp³-hybridized carbons (Fsp3) is 0.333. The second-order valence-corrected chi connectivity index (χ2v) is 6.57. The quantitative estimate of drug-likeness (QED) is 0.867. The van der Waals surface area contributed by atoms with Crippen LogP contribution in [0.1, 0.15) is 22.3 Å². The number of hydrogen-bond donors (Lipinski definition) is 2. The SMILES string of the molecule is Cc1cccc(C)c1CC(CO)(CO)c1cccc(Br)c1. The third kappa shape index (κ3) is 3.37. The lowest BCUT2D eigenvalue weighted by molar-refractivity contribution is 0.116. The summed E-state index contributed by atoms with van der Waals surface area (Å²) in [5, 5.41) is 20.0. The molecule has 0 atom stereocenters. The average Bonchev–Trinajstić information content (AvgIpc) is 2.48. The molecule has 2 aromatic rings. The Hall–Kier alpha value is -1.16. The van der Waals surface area contributed by atoms with E-state index in [2.05, 4.69) is 41.9 Å². The molecule has 0 bridgehead atoms. The van der Waals surface area contributed by atoms with E-state index in [0.29, 0.717) is 6.42 Å². The third-order valence-corrected chi connectivity index (χ3v) is 4.70. The van der Waals surface area contributed by atoms with Crippen molar-refractivity contribution in [2.24, 2.45) is 0 Å². The van der Waals surface area contributed by atoms with E-state index in [9.17, 15) is 10.2 Å². The van der Waals surface area contributed by atoms with Gasteiger partial charge in [-0.05, 0) is 54.7 Å². The van der Waals surface area contributed by atoms with Crippen molar-refractivity contribution in [3.05, 3.63) is 69.2 Å². The molecule has 0 radical (unpaired) electrons. The second kappa shape index (κ2) is 6.73. The van der Waals surface area contributed by atoms with Crippen LogP contribution in [0, 0.1) is 13.8 Å². The molecule has 0 heterocycles. The molecule has 0 unspecified atom stereocenters. The van der Waals surface area contributed by atoms with Crippen LogP contribution in [0.2, 0.25) is 0 Å². The Bertz CT molecular complexity index is 598. The first kappa shape index (κ1) is 16.2. The number of aryl methyl sites for hydroxylation is 2. The number of benzene rings is 2. The maximum atomic E-state index is 9.99. The van der Waals surface area contributed by atoms with E-state index in [1.165, 1.54) is 16.7 Å². The number of halogens is 1. The minimum Gasteiger partial charge on any atom is -0.395 e.